The van der Waals surface area contributed by atoms with Crippen LogP contribution in [0.4, 0.5) is 0 Å². The summed E-state index contributed by atoms with van der Waals surface area (Å²) in [6, 6.07) is 7.85. The Bertz CT molecular complexity index is 440. The molecule has 0 saturated carbocycles. The van der Waals surface area contributed by atoms with Crippen molar-refractivity contribution in [1.29, 1.82) is 0 Å². The van der Waals surface area contributed by atoms with Gasteiger partial charge in [0.25, 0.3) is 0 Å². The first kappa shape index (κ1) is 16.0. The minimum absolute atomic E-state index is 0.00157. The molecule has 0 heterocycles. The molecule has 1 aromatic rings. The molecule has 0 saturated heterocycles. The number of hydrogen-bond donors (Lipinski definition) is 2. The molecule has 1 aromatic carbocycles. The third-order valence-electron chi connectivity index (χ3n) is 2.81. The van der Waals surface area contributed by atoms with E-state index in [-0.39, 0.29) is 18.7 Å². The zero-order chi connectivity index (χ0) is 15.0. The highest BCUT2D eigenvalue weighted by atomic mass is 16.5. The maximum Gasteiger partial charge on any atom is 0.303 e. The number of nitrogens with one attached hydrogen (secondary N) is 1. The van der Waals surface area contributed by atoms with Gasteiger partial charge >= 0.3 is 5.97 Å². The molecule has 5 heteroatoms. The van der Waals surface area contributed by atoms with Crippen molar-refractivity contribution in [2.75, 3.05) is 13.2 Å². The van der Waals surface area contributed by atoms with Crippen molar-refractivity contribution in [3.63, 3.8) is 0 Å². The van der Waals surface area contributed by atoms with E-state index >= 15 is 0 Å². The highest BCUT2D eigenvalue weighted by Crippen LogP contribution is 2.18. The van der Waals surface area contributed by atoms with E-state index in [1.807, 2.05) is 24.3 Å². The van der Waals surface area contributed by atoms with E-state index in [1.165, 1.54) is 5.56 Å². The molecule has 0 fully saturated rings. The van der Waals surface area contributed by atoms with Gasteiger partial charge in [-0.15, -0.1) is 0 Å². The normalized spacial score (nSPS) is 10.3. The maximum absolute atomic E-state index is 11.2. The predicted molar refractivity (Wildman–Crippen MR) is 75.9 cm³/mol. The number of carboxylic acid groups (broad SMARTS) is 1. The van der Waals surface area contributed by atoms with Gasteiger partial charge in [0.1, 0.15) is 12.4 Å². The van der Waals surface area contributed by atoms with Gasteiger partial charge < -0.3 is 15.2 Å². The zero-order valence-corrected chi connectivity index (χ0v) is 11.9. The third-order valence-corrected chi connectivity index (χ3v) is 2.81. The van der Waals surface area contributed by atoms with Crippen molar-refractivity contribution in [1.82, 2.24) is 5.32 Å². The van der Waals surface area contributed by atoms with Crippen LogP contribution >= 0.6 is 0 Å². The van der Waals surface area contributed by atoms with Gasteiger partial charge in [0, 0.05) is 6.42 Å². The van der Waals surface area contributed by atoms with Crippen molar-refractivity contribution in [3.8, 4) is 5.75 Å². The molecule has 0 aliphatic heterocycles. The quantitative estimate of drug-likeness (QED) is 0.715. The standard InChI is InChI=1S/C15H21NO4/c1-11(2)12-3-5-13(6-4-12)20-10-9-16-14(17)7-8-15(18)19/h3-6,11H,7-10H2,1-2H3,(H,16,17)(H,18,19). The molecule has 5 nitrogen and oxygen atoms in total. The van der Waals surface area contributed by atoms with Crippen molar-refractivity contribution < 1.29 is 19.4 Å². The van der Waals surface area contributed by atoms with Gasteiger partial charge in [-0.25, -0.2) is 0 Å². The summed E-state index contributed by atoms with van der Waals surface area (Å²) in [5.41, 5.74) is 1.25. The number of aliphatic carboxylic acids is 1. The fourth-order valence-electron chi connectivity index (χ4n) is 1.62. The summed E-state index contributed by atoms with van der Waals surface area (Å²) >= 11 is 0. The third kappa shape index (κ3) is 6.22. The highest BCUT2D eigenvalue weighted by molar-refractivity contribution is 5.80. The molecule has 0 aromatic heterocycles. The molecule has 1 rings (SSSR count). The van der Waals surface area contributed by atoms with E-state index in [0.29, 0.717) is 19.1 Å². The van der Waals surface area contributed by atoms with Gasteiger partial charge in [-0.05, 0) is 23.6 Å². The summed E-state index contributed by atoms with van der Waals surface area (Å²) in [5.74, 6) is -0.000411. The van der Waals surface area contributed by atoms with Crippen molar-refractivity contribution in [3.05, 3.63) is 29.8 Å². The fraction of sp³-hybridized carbons (Fsp3) is 0.467. The second-order valence-corrected chi connectivity index (χ2v) is 4.82. The first-order chi connectivity index (χ1) is 9.49. The van der Waals surface area contributed by atoms with E-state index in [9.17, 15) is 9.59 Å². The Kier molecular flexibility index (Phi) is 6.56. The number of carbonyl (C=O) groups excluding carboxylic acids is 1. The molecular formula is C15H21NO4. The zero-order valence-electron chi connectivity index (χ0n) is 11.9. The minimum Gasteiger partial charge on any atom is -0.492 e. The van der Waals surface area contributed by atoms with E-state index < -0.39 is 5.97 Å². The number of carboxylic acids is 1. The van der Waals surface area contributed by atoms with E-state index in [2.05, 4.69) is 19.2 Å². The van der Waals surface area contributed by atoms with Gasteiger partial charge in [-0.1, -0.05) is 26.0 Å². The topological polar surface area (TPSA) is 75.6 Å². The second-order valence-electron chi connectivity index (χ2n) is 4.82. The molecule has 0 atom stereocenters. The fourth-order valence-corrected chi connectivity index (χ4v) is 1.62. The van der Waals surface area contributed by atoms with Gasteiger partial charge in [0.05, 0.1) is 13.0 Å². The van der Waals surface area contributed by atoms with Crippen LogP contribution < -0.4 is 10.1 Å². The molecule has 0 radical (unpaired) electrons. The molecule has 110 valence electrons. The van der Waals surface area contributed by atoms with E-state index in [1.54, 1.807) is 0 Å². The SMILES string of the molecule is CC(C)c1ccc(OCCNC(=O)CCC(=O)O)cc1. The molecule has 2 N–H and O–H groups in total. The Balaban J connectivity index is 2.20. The molecule has 0 aliphatic rings. The smallest absolute Gasteiger partial charge is 0.303 e. The number of benzene rings is 1. The van der Waals surface area contributed by atoms with Gasteiger partial charge in [-0.2, -0.15) is 0 Å². The van der Waals surface area contributed by atoms with Crippen LogP contribution in [0.2, 0.25) is 0 Å². The number of carbonyl (C=O) groups is 2. The summed E-state index contributed by atoms with van der Waals surface area (Å²) in [6.45, 7) is 4.98. The van der Waals surface area contributed by atoms with Gasteiger partial charge in [0.2, 0.25) is 5.91 Å². The lowest BCUT2D eigenvalue weighted by molar-refractivity contribution is -0.138. The number of hydrogen-bond acceptors (Lipinski definition) is 3. The second kappa shape index (κ2) is 8.19. The Morgan fingerprint density at radius 2 is 1.85 bits per heavy atom. The molecule has 20 heavy (non-hydrogen) atoms. The van der Waals surface area contributed by atoms with Crippen LogP contribution in [0.3, 0.4) is 0 Å². The lowest BCUT2D eigenvalue weighted by atomic mass is 10.0. The summed E-state index contributed by atoms with van der Waals surface area (Å²) in [5, 5.41) is 11.0. The largest absolute Gasteiger partial charge is 0.492 e. The van der Waals surface area contributed by atoms with Crippen LogP contribution in [-0.4, -0.2) is 30.1 Å². The van der Waals surface area contributed by atoms with Gasteiger partial charge in [-0.3, -0.25) is 9.59 Å². The number of ether oxygens (including phenoxy) is 1. The summed E-state index contributed by atoms with van der Waals surface area (Å²) in [4.78, 5) is 21.5. The van der Waals surface area contributed by atoms with Crippen LogP contribution in [0.15, 0.2) is 24.3 Å². The van der Waals surface area contributed by atoms with E-state index in [4.69, 9.17) is 9.84 Å². The first-order valence-electron chi connectivity index (χ1n) is 6.70. The Hall–Kier alpha value is -2.04. The van der Waals surface area contributed by atoms with Crippen LogP contribution in [0, 0.1) is 0 Å². The maximum atomic E-state index is 11.2. The summed E-state index contributed by atoms with van der Waals surface area (Å²) in [6.07, 6.45) is -0.151. The minimum atomic E-state index is -0.971. The molecule has 0 spiro atoms. The first-order valence-corrected chi connectivity index (χ1v) is 6.70. The average molecular weight is 279 g/mol. The molecule has 1 amide bonds. The van der Waals surface area contributed by atoms with Gasteiger partial charge in [0.15, 0.2) is 0 Å². The highest BCUT2D eigenvalue weighted by Gasteiger charge is 2.04. The van der Waals surface area contributed by atoms with Crippen molar-refractivity contribution in [2.24, 2.45) is 0 Å². The monoisotopic (exact) mass is 279 g/mol. The molecular weight excluding hydrogens is 258 g/mol. The van der Waals surface area contributed by atoms with Crippen LogP contribution in [-0.2, 0) is 9.59 Å². The molecule has 0 unspecified atom stereocenters. The lowest BCUT2D eigenvalue weighted by Gasteiger charge is -2.09. The number of rotatable bonds is 8. The van der Waals surface area contributed by atoms with Crippen LogP contribution in [0.25, 0.3) is 0 Å². The van der Waals surface area contributed by atoms with Crippen molar-refractivity contribution >= 4 is 11.9 Å². The van der Waals surface area contributed by atoms with Crippen LogP contribution in [0.5, 0.6) is 5.75 Å². The molecule has 0 aliphatic carbocycles. The number of amides is 1. The van der Waals surface area contributed by atoms with Crippen molar-refractivity contribution in [2.45, 2.75) is 32.6 Å². The Morgan fingerprint density at radius 3 is 2.40 bits per heavy atom. The summed E-state index contributed by atoms with van der Waals surface area (Å²) < 4.78 is 5.49. The summed E-state index contributed by atoms with van der Waals surface area (Å²) in [7, 11) is 0. The molecule has 0 bridgehead atoms. The lowest BCUT2D eigenvalue weighted by Crippen LogP contribution is -2.28. The van der Waals surface area contributed by atoms with E-state index in [0.717, 1.165) is 5.75 Å². The van der Waals surface area contributed by atoms with Crippen LogP contribution in [0.1, 0.15) is 38.2 Å². The Morgan fingerprint density at radius 1 is 1.20 bits per heavy atom. The Labute approximate surface area is 118 Å². The predicted octanol–water partition coefficient (Wildman–Crippen LogP) is 2.17. The average Bonchev–Trinajstić information content (AvgIpc) is 2.42.